The van der Waals surface area contributed by atoms with Gasteiger partial charge >= 0.3 is 0 Å². The van der Waals surface area contributed by atoms with E-state index in [0.717, 1.165) is 0 Å². The van der Waals surface area contributed by atoms with Crippen LogP contribution in [0, 0.1) is 0 Å². The van der Waals surface area contributed by atoms with Crippen LogP contribution in [0.2, 0.25) is 0 Å². The molecule has 0 aliphatic rings. The molecule has 0 aliphatic carbocycles. The quantitative estimate of drug-likeness (QED) is 0.775. The third-order valence-electron chi connectivity index (χ3n) is 1.92. The number of benzene rings is 1. The third kappa shape index (κ3) is 3.02. The van der Waals surface area contributed by atoms with Crippen molar-refractivity contribution >= 4 is 11.6 Å². The minimum Gasteiger partial charge on any atom is -0.493 e. The third-order valence-corrected chi connectivity index (χ3v) is 1.92. The Kier molecular flexibility index (Phi) is 4.39. The minimum atomic E-state index is -0.257. The van der Waals surface area contributed by atoms with Gasteiger partial charge in [0, 0.05) is 11.8 Å². The lowest BCUT2D eigenvalue weighted by molar-refractivity contribution is -0.111. The van der Waals surface area contributed by atoms with Crippen molar-refractivity contribution < 1.29 is 14.3 Å². The maximum Gasteiger partial charge on any atom is 0.247 e. The number of anilines is 1. The number of hydrogen-bond donors (Lipinski definition) is 1. The van der Waals surface area contributed by atoms with Crippen molar-refractivity contribution in [3.63, 3.8) is 0 Å². The second-order valence-corrected chi connectivity index (χ2v) is 2.99. The number of amides is 1. The first-order valence-electron chi connectivity index (χ1n) is 4.95. The highest BCUT2D eigenvalue weighted by atomic mass is 16.5. The second kappa shape index (κ2) is 5.80. The number of hydrogen-bond acceptors (Lipinski definition) is 3. The number of rotatable bonds is 5. The van der Waals surface area contributed by atoms with Gasteiger partial charge < -0.3 is 14.8 Å². The second-order valence-electron chi connectivity index (χ2n) is 2.99. The van der Waals surface area contributed by atoms with Crippen LogP contribution in [-0.4, -0.2) is 19.6 Å². The van der Waals surface area contributed by atoms with Gasteiger partial charge in [-0.15, -0.1) is 0 Å². The van der Waals surface area contributed by atoms with Crippen LogP contribution in [0.3, 0.4) is 0 Å². The number of carbonyl (C=O) groups is 1. The van der Waals surface area contributed by atoms with Crippen LogP contribution in [0.15, 0.2) is 30.9 Å². The van der Waals surface area contributed by atoms with Gasteiger partial charge in [0.1, 0.15) is 0 Å². The normalized spacial score (nSPS) is 9.38. The summed E-state index contributed by atoms with van der Waals surface area (Å²) < 4.78 is 10.5. The SMILES string of the molecule is C=CC(=O)Nc1ccc(OC)c(OCC)c1. The topological polar surface area (TPSA) is 47.6 Å². The molecule has 0 fully saturated rings. The van der Waals surface area contributed by atoms with Crippen molar-refractivity contribution in [1.82, 2.24) is 0 Å². The van der Waals surface area contributed by atoms with E-state index in [4.69, 9.17) is 9.47 Å². The van der Waals surface area contributed by atoms with Crippen molar-refractivity contribution in [3.8, 4) is 11.5 Å². The van der Waals surface area contributed by atoms with Gasteiger partial charge in [0.25, 0.3) is 0 Å². The van der Waals surface area contributed by atoms with Gasteiger partial charge in [-0.25, -0.2) is 0 Å². The highest BCUT2D eigenvalue weighted by molar-refractivity contribution is 5.99. The lowest BCUT2D eigenvalue weighted by atomic mass is 10.2. The fourth-order valence-corrected chi connectivity index (χ4v) is 1.22. The van der Waals surface area contributed by atoms with Gasteiger partial charge in [-0.3, -0.25) is 4.79 Å². The summed E-state index contributed by atoms with van der Waals surface area (Å²) in [6.45, 7) is 5.80. The van der Waals surface area contributed by atoms with E-state index in [-0.39, 0.29) is 5.91 Å². The van der Waals surface area contributed by atoms with E-state index in [9.17, 15) is 4.79 Å². The molecule has 1 N–H and O–H groups in total. The largest absolute Gasteiger partial charge is 0.493 e. The standard InChI is InChI=1S/C12H15NO3/c1-4-12(14)13-9-6-7-10(15-3)11(8-9)16-5-2/h4,6-8H,1,5H2,2-3H3,(H,13,14). The van der Waals surface area contributed by atoms with Crippen LogP contribution in [0.4, 0.5) is 5.69 Å². The predicted octanol–water partition coefficient (Wildman–Crippen LogP) is 2.22. The van der Waals surface area contributed by atoms with E-state index in [1.807, 2.05) is 6.92 Å². The Morgan fingerprint density at radius 3 is 2.81 bits per heavy atom. The molecule has 0 atom stereocenters. The fraction of sp³-hybridized carbons (Fsp3) is 0.250. The molecule has 0 heterocycles. The molecule has 0 bridgehead atoms. The zero-order valence-electron chi connectivity index (χ0n) is 9.45. The summed E-state index contributed by atoms with van der Waals surface area (Å²) in [6, 6.07) is 5.19. The predicted molar refractivity (Wildman–Crippen MR) is 63.0 cm³/mol. The summed E-state index contributed by atoms with van der Waals surface area (Å²) >= 11 is 0. The molecule has 0 radical (unpaired) electrons. The number of nitrogens with one attached hydrogen (secondary N) is 1. The molecule has 0 saturated heterocycles. The average Bonchev–Trinajstić information content (AvgIpc) is 2.30. The number of ether oxygens (including phenoxy) is 2. The Hall–Kier alpha value is -1.97. The zero-order valence-corrected chi connectivity index (χ0v) is 9.45. The molecule has 0 spiro atoms. The fourth-order valence-electron chi connectivity index (χ4n) is 1.22. The zero-order chi connectivity index (χ0) is 12.0. The number of methoxy groups -OCH3 is 1. The van der Waals surface area contributed by atoms with E-state index >= 15 is 0 Å². The van der Waals surface area contributed by atoms with Crippen molar-refractivity contribution in [2.24, 2.45) is 0 Å². The van der Waals surface area contributed by atoms with E-state index in [0.29, 0.717) is 23.8 Å². The van der Waals surface area contributed by atoms with Gasteiger partial charge in [-0.05, 0) is 25.1 Å². The van der Waals surface area contributed by atoms with Crippen molar-refractivity contribution in [2.45, 2.75) is 6.92 Å². The molecule has 0 aromatic heterocycles. The summed E-state index contributed by atoms with van der Waals surface area (Å²) in [5.74, 6) is 0.984. The first-order chi connectivity index (χ1) is 7.71. The van der Waals surface area contributed by atoms with Crippen LogP contribution in [-0.2, 0) is 4.79 Å². The van der Waals surface area contributed by atoms with Gasteiger partial charge in [-0.2, -0.15) is 0 Å². The Balaban J connectivity index is 2.92. The van der Waals surface area contributed by atoms with Crippen molar-refractivity contribution in [2.75, 3.05) is 19.0 Å². The van der Waals surface area contributed by atoms with E-state index in [2.05, 4.69) is 11.9 Å². The van der Waals surface area contributed by atoms with Crippen LogP contribution in [0.1, 0.15) is 6.92 Å². The van der Waals surface area contributed by atoms with E-state index in [1.54, 1.807) is 25.3 Å². The maximum absolute atomic E-state index is 11.1. The summed E-state index contributed by atoms with van der Waals surface area (Å²) in [7, 11) is 1.57. The molecule has 0 saturated carbocycles. The lowest BCUT2D eigenvalue weighted by Crippen LogP contribution is -2.07. The molecule has 16 heavy (non-hydrogen) atoms. The number of carbonyl (C=O) groups excluding carboxylic acids is 1. The molecule has 1 aromatic rings. The Bertz CT molecular complexity index is 388. The first kappa shape index (κ1) is 12.1. The molecule has 1 amide bonds. The lowest BCUT2D eigenvalue weighted by Gasteiger charge is -2.11. The highest BCUT2D eigenvalue weighted by Crippen LogP contribution is 2.30. The van der Waals surface area contributed by atoms with Crippen LogP contribution < -0.4 is 14.8 Å². The van der Waals surface area contributed by atoms with Gasteiger partial charge in [0.15, 0.2) is 11.5 Å². The van der Waals surface area contributed by atoms with Crippen molar-refractivity contribution in [1.29, 1.82) is 0 Å². The summed E-state index contributed by atoms with van der Waals surface area (Å²) in [6.07, 6.45) is 1.21. The molecule has 86 valence electrons. The molecule has 0 unspecified atom stereocenters. The van der Waals surface area contributed by atoms with Gasteiger partial charge in [0.2, 0.25) is 5.91 Å². The molecule has 1 rings (SSSR count). The molecular formula is C12H15NO3. The van der Waals surface area contributed by atoms with E-state index in [1.165, 1.54) is 6.08 Å². The van der Waals surface area contributed by atoms with Crippen molar-refractivity contribution in [3.05, 3.63) is 30.9 Å². The monoisotopic (exact) mass is 221 g/mol. The smallest absolute Gasteiger partial charge is 0.247 e. The Morgan fingerprint density at radius 2 is 2.25 bits per heavy atom. The van der Waals surface area contributed by atoms with Gasteiger partial charge in [0.05, 0.1) is 13.7 Å². The highest BCUT2D eigenvalue weighted by Gasteiger charge is 2.06. The first-order valence-corrected chi connectivity index (χ1v) is 4.95. The summed E-state index contributed by atoms with van der Waals surface area (Å²) in [5, 5.41) is 2.65. The molecule has 1 aromatic carbocycles. The average molecular weight is 221 g/mol. The molecule has 4 heteroatoms. The van der Waals surface area contributed by atoms with Crippen LogP contribution in [0.25, 0.3) is 0 Å². The maximum atomic E-state index is 11.1. The summed E-state index contributed by atoms with van der Waals surface area (Å²) in [4.78, 5) is 11.1. The Morgan fingerprint density at radius 1 is 1.50 bits per heavy atom. The van der Waals surface area contributed by atoms with Crippen LogP contribution >= 0.6 is 0 Å². The summed E-state index contributed by atoms with van der Waals surface area (Å²) in [5.41, 5.74) is 0.647. The van der Waals surface area contributed by atoms with Crippen LogP contribution in [0.5, 0.6) is 11.5 Å². The minimum absolute atomic E-state index is 0.257. The molecule has 0 aliphatic heterocycles. The Labute approximate surface area is 94.9 Å². The molecular weight excluding hydrogens is 206 g/mol. The molecule has 4 nitrogen and oxygen atoms in total. The van der Waals surface area contributed by atoms with Gasteiger partial charge in [-0.1, -0.05) is 6.58 Å². The van der Waals surface area contributed by atoms with E-state index < -0.39 is 0 Å².